The number of furan rings is 2. The first-order valence-corrected chi connectivity index (χ1v) is 43.9. The molecule has 0 spiro atoms. The molecule has 116 heavy (non-hydrogen) atoms. The second kappa shape index (κ2) is 37.9. The van der Waals surface area contributed by atoms with Crippen molar-refractivity contribution in [3.05, 3.63) is 311 Å². The first-order valence-electron chi connectivity index (χ1n) is 50.1. The van der Waals surface area contributed by atoms with Crippen LogP contribution in [-0.2, 0) is 46.6 Å². The third-order valence-electron chi connectivity index (χ3n) is 21.8. The first-order chi connectivity index (χ1) is 64.2. The summed E-state index contributed by atoms with van der Waals surface area (Å²) in [5.41, 5.74) is 13.2. The predicted molar refractivity (Wildman–Crippen MR) is 485 cm³/mol. The van der Waals surface area contributed by atoms with Crippen LogP contribution in [-0.4, -0.2) is 46.1 Å². The zero-order valence-electron chi connectivity index (χ0n) is 89.8. The first kappa shape index (κ1) is 60.5. The van der Waals surface area contributed by atoms with Crippen molar-refractivity contribution >= 4 is 70.7 Å². The Kier molecular flexibility index (Phi) is 19.8. The molecule has 2 radical (unpaired) electrons. The fraction of sp³-hybridized carbons (Fsp3) is 0.250. The minimum absolute atomic E-state index is 0. The van der Waals surface area contributed by atoms with Crippen molar-refractivity contribution in [3.63, 3.8) is 0 Å². The molecular formula is C104H106Ir2N6O2Si2-4. The molecule has 8 aromatic carbocycles. The average molecular weight is 1940 g/mol. The molecule has 8 heterocycles. The maximum atomic E-state index is 8.43. The Bertz CT molecular complexity index is 6770. The van der Waals surface area contributed by atoms with Crippen LogP contribution in [0.1, 0.15) is 150 Å². The largest absolute Gasteiger partial charge is 0.486 e. The van der Waals surface area contributed by atoms with E-state index in [1.165, 1.54) is 36.8 Å². The molecule has 594 valence electrons. The Balaban J connectivity index is 0.000000180. The molecule has 0 fully saturated rings. The van der Waals surface area contributed by atoms with Crippen LogP contribution < -0.4 is 10.4 Å². The van der Waals surface area contributed by atoms with Gasteiger partial charge in [-0.05, 0) is 174 Å². The van der Waals surface area contributed by atoms with Crippen molar-refractivity contribution in [3.8, 4) is 89.5 Å². The van der Waals surface area contributed by atoms with Crippen LogP contribution >= 0.6 is 0 Å². The van der Waals surface area contributed by atoms with Gasteiger partial charge in [-0.15, -0.1) is 95.1 Å². The normalized spacial score (nSPS) is 15.3. The smallest absolute Gasteiger partial charge is 0.216 e. The molecule has 8 nitrogen and oxygen atoms in total. The number of pyridine rings is 6. The van der Waals surface area contributed by atoms with E-state index < -0.39 is 75.9 Å². The number of benzene rings is 8. The van der Waals surface area contributed by atoms with Gasteiger partial charge < -0.3 is 28.8 Å². The van der Waals surface area contributed by atoms with Crippen LogP contribution in [0.2, 0.25) is 36.3 Å². The van der Waals surface area contributed by atoms with Gasteiger partial charge in [0, 0.05) is 119 Å². The number of nitrogens with zero attached hydrogens (tertiary/aromatic N) is 6. The van der Waals surface area contributed by atoms with Crippen LogP contribution in [0, 0.1) is 91.5 Å². The fourth-order valence-electron chi connectivity index (χ4n) is 15.0. The van der Waals surface area contributed by atoms with Crippen LogP contribution in [0.25, 0.3) is 134 Å². The number of hydrogen-bond donors (Lipinski definition) is 0. The molecule has 12 heteroatoms. The summed E-state index contributed by atoms with van der Waals surface area (Å²) in [6.07, 6.45) is 4.00. The third kappa shape index (κ3) is 19.0. The van der Waals surface area contributed by atoms with Crippen LogP contribution in [0.5, 0.6) is 0 Å². The monoisotopic (exact) mass is 1940 g/mol. The van der Waals surface area contributed by atoms with Gasteiger partial charge in [0.05, 0.1) is 27.3 Å². The Hall–Kier alpha value is -10.0. The molecular weight excluding hydrogens is 1810 g/mol. The zero-order chi connectivity index (χ0) is 99.9. The zero-order valence-corrected chi connectivity index (χ0v) is 73.6. The van der Waals surface area contributed by atoms with Crippen molar-refractivity contribution in [1.29, 1.82) is 0 Å². The number of hydrogen-bond acceptors (Lipinski definition) is 8. The Morgan fingerprint density at radius 3 is 1.18 bits per heavy atom. The molecule has 0 amide bonds. The minimum atomic E-state index is -2.50. The molecule has 0 atom stereocenters. The molecule has 0 N–H and O–H groups in total. The standard InChI is InChI=1S/2C31H33N2OSi.C23H24N.C19H16N.2Ir/c2*1-7-35(8-2,9-3)23-14-16-24(20(4)17-23)28-18-29(32-19-21(28)5)27-12-10-11-25-26-15-13-22(6)33-31(26)34-30(25)27;1-17-10-12-20(14-21(17)19-8-6-5-7-9-19)22-13-11-18(16-24-22)15-23(2,3)4;1-14-8-11-19(20-13-14)17-10-9-15(2)18(12-17)16-6-4-3-5-7-16;;/h2*10-11,13-19H,7-9H2,1-6H3;5-11,13-14,16H,15H2,1-4H3;3-9,11-13H,1-2H3;;/q4*-1;;/i2*4D3,5D3;1D3,15D2;1D3,2D3;;. The molecule has 0 unspecified atom stereocenters. The van der Waals surface area contributed by atoms with E-state index in [2.05, 4.69) is 95.7 Å². The van der Waals surface area contributed by atoms with Gasteiger partial charge in [-0.2, -0.15) is 0 Å². The average Bonchev–Trinajstić information content (AvgIpc) is 1.33. The van der Waals surface area contributed by atoms with Crippen molar-refractivity contribution in [2.45, 2.75) is 167 Å². The molecule has 16 aromatic rings. The maximum Gasteiger partial charge on any atom is 0.216 e. The number of aromatic nitrogens is 6. The molecule has 0 bridgehead atoms. The van der Waals surface area contributed by atoms with Gasteiger partial charge in [-0.1, -0.05) is 289 Å². The van der Waals surface area contributed by atoms with Crippen molar-refractivity contribution < 1.29 is 80.6 Å². The molecule has 0 aliphatic heterocycles. The second-order valence-corrected chi connectivity index (χ2v) is 40.3. The Labute approximate surface area is 749 Å². The number of aryl methyl sites for hydroxylation is 9. The molecule has 0 aliphatic carbocycles. The van der Waals surface area contributed by atoms with E-state index in [4.69, 9.17) is 40.4 Å². The number of fused-ring (bicyclic) bond motifs is 6. The van der Waals surface area contributed by atoms with Gasteiger partial charge in [0.25, 0.3) is 0 Å². The van der Waals surface area contributed by atoms with Crippen molar-refractivity contribution in [2.75, 3.05) is 0 Å². The summed E-state index contributed by atoms with van der Waals surface area (Å²) in [6, 6.07) is 79.9. The molecule has 0 aliphatic rings. The van der Waals surface area contributed by atoms with E-state index in [1.807, 2.05) is 156 Å². The van der Waals surface area contributed by atoms with E-state index in [1.54, 1.807) is 72.9 Å². The topological polar surface area (TPSA) is 104 Å². The summed E-state index contributed by atoms with van der Waals surface area (Å²) in [4.78, 5) is 26.7. The summed E-state index contributed by atoms with van der Waals surface area (Å²) in [5.74, 6) is 0. The Morgan fingerprint density at radius 2 is 0.802 bits per heavy atom. The van der Waals surface area contributed by atoms with E-state index >= 15 is 0 Å². The SMILES string of the molecule is [2H]C([2H])([2H])c1c[c-]c(-c2ccc(C([2H])([2H])C(C)(C)C)cn2)cc1-c1ccccc1.[2H]C([2H])([2H])c1ccc(-c2[c-]cc(C([2H])([2H])[2H])c(-c3ccccc3)c2)nc1.[2H]C([2H])([2H])c1cnc(-c2[c-]ccc3c2oc2nc(C)ccc23)cc1-c1ccc([Si](CC)(CC)CC)cc1C([2H])([2H])[2H].[2H]C([2H])([2H])c1cnc(-c2[c-]ccc3c2oc2nc(C)ccc23)cc1-c1ccc([Si](CC)(CC)CC)cc1C([2H])([2H])[2H].[Ir].[Ir]. The summed E-state index contributed by atoms with van der Waals surface area (Å²) < 4.78 is 198. The van der Waals surface area contributed by atoms with E-state index in [0.29, 0.717) is 107 Å². The third-order valence-corrected chi connectivity index (χ3v) is 33.0. The second-order valence-electron chi connectivity index (χ2n) is 29.8. The van der Waals surface area contributed by atoms with Crippen molar-refractivity contribution in [2.24, 2.45) is 5.41 Å². The fourth-order valence-corrected chi connectivity index (χ4v) is 22.2. The van der Waals surface area contributed by atoms with Gasteiger partial charge in [-0.25, -0.2) is 9.97 Å². The quantitative estimate of drug-likeness (QED) is 0.0656. The summed E-state index contributed by atoms with van der Waals surface area (Å²) in [5, 5.41) is 5.58. The van der Waals surface area contributed by atoms with Gasteiger partial charge in [0.15, 0.2) is 0 Å². The minimum Gasteiger partial charge on any atom is -0.486 e. The molecule has 0 saturated heterocycles. The van der Waals surface area contributed by atoms with Gasteiger partial charge in [0.2, 0.25) is 11.4 Å². The van der Waals surface area contributed by atoms with Crippen LogP contribution in [0.3, 0.4) is 0 Å². The van der Waals surface area contributed by atoms with E-state index in [9.17, 15) is 0 Å². The van der Waals surface area contributed by atoms with Gasteiger partial charge in [0.1, 0.15) is 0 Å². The van der Waals surface area contributed by atoms with Crippen LogP contribution in [0.15, 0.2) is 240 Å². The van der Waals surface area contributed by atoms with E-state index in [0.717, 1.165) is 90.7 Å². The number of rotatable bonds is 17. The summed E-state index contributed by atoms with van der Waals surface area (Å²) in [7, 11) is -3.78. The van der Waals surface area contributed by atoms with E-state index in [-0.39, 0.29) is 79.2 Å². The maximum absolute atomic E-state index is 8.43. The van der Waals surface area contributed by atoms with Crippen molar-refractivity contribution in [1.82, 2.24) is 29.9 Å². The van der Waals surface area contributed by atoms with Crippen LogP contribution in [0.4, 0.5) is 0 Å². The Morgan fingerprint density at radius 1 is 0.379 bits per heavy atom. The predicted octanol–water partition coefficient (Wildman–Crippen LogP) is 27.2. The molecule has 8 aromatic heterocycles. The molecule has 0 saturated carbocycles. The molecule has 16 rings (SSSR count). The summed E-state index contributed by atoms with van der Waals surface area (Å²) >= 11 is 0. The summed E-state index contributed by atoms with van der Waals surface area (Å²) in [6.45, 7) is 5.80. The van der Waals surface area contributed by atoms with Gasteiger partial charge in [-0.3, -0.25) is 0 Å². The van der Waals surface area contributed by atoms with Gasteiger partial charge >= 0.3 is 0 Å².